The van der Waals surface area contributed by atoms with Crippen molar-refractivity contribution in [2.45, 2.75) is 6.92 Å². The fraction of sp³-hybridized carbons (Fsp3) is 0.0500. The van der Waals surface area contributed by atoms with Crippen LogP contribution in [0.25, 0.3) is 28.3 Å². The molecule has 3 aromatic rings. The van der Waals surface area contributed by atoms with E-state index in [4.69, 9.17) is 0 Å². The monoisotopic (exact) mass is 304 g/mol. The second kappa shape index (κ2) is 6.12. The molecule has 0 N–H and O–H groups in total. The van der Waals surface area contributed by atoms with E-state index in [1.54, 1.807) is 11.3 Å². The normalized spacial score (nSPS) is 12.8. The SMILES string of the molecule is C=c1sc2ccccc2c(=O)/c1=C/C(=C\C)c1ccccc1. The highest BCUT2D eigenvalue weighted by molar-refractivity contribution is 7.16. The molecule has 2 heteroatoms. The van der Waals surface area contributed by atoms with E-state index in [9.17, 15) is 4.79 Å². The van der Waals surface area contributed by atoms with Crippen LogP contribution in [0.4, 0.5) is 0 Å². The molecule has 0 unspecified atom stereocenters. The Balaban J connectivity index is 2.30. The van der Waals surface area contributed by atoms with Gasteiger partial charge in [0.25, 0.3) is 0 Å². The van der Waals surface area contributed by atoms with Crippen LogP contribution in [-0.2, 0) is 0 Å². The van der Waals surface area contributed by atoms with E-state index in [2.05, 4.69) is 6.58 Å². The molecule has 0 fully saturated rings. The highest BCUT2D eigenvalue weighted by Crippen LogP contribution is 2.15. The lowest BCUT2D eigenvalue weighted by atomic mass is 10.0. The molecule has 0 spiro atoms. The van der Waals surface area contributed by atoms with Crippen LogP contribution in [0, 0.1) is 0 Å². The largest absolute Gasteiger partial charge is 0.289 e. The Morgan fingerprint density at radius 1 is 1.05 bits per heavy atom. The molecule has 0 aliphatic heterocycles. The first-order valence-corrected chi connectivity index (χ1v) is 7.96. The Morgan fingerprint density at radius 3 is 2.45 bits per heavy atom. The lowest BCUT2D eigenvalue weighted by molar-refractivity contribution is 1.56. The highest BCUT2D eigenvalue weighted by atomic mass is 32.1. The van der Waals surface area contributed by atoms with Gasteiger partial charge in [-0.25, -0.2) is 0 Å². The molecule has 0 bridgehead atoms. The number of hydrogen-bond acceptors (Lipinski definition) is 2. The zero-order chi connectivity index (χ0) is 15.5. The summed E-state index contributed by atoms with van der Waals surface area (Å²) in [7, 11) is 0. The summed E-state index contributed by atoms with van der Waals surface area (Å²) in [6.07, 6.45) is 3.97. The van der Waals surface area contributed by atoms with Gasteiger partial charge >= 0.3 is 0 Å². The minimum absolute atomic E-state index is 0.0506. The predicted octanol–water partition coefficient (Wildman–Crippen LogP) is 3.56. The quantitative estimate of drug-likeness (QED) is 0.707. The molecule has 0 saturated carbocycles. The molecule has 0 aliphatic carbocycles. The highest BCUT2D eigenvalue weighted by Gasteiger charge is 2.03. The van der Waals surface area contributed by atoms with Gasteiger partial charge in [-0.2, -0.15) is 0 Å². The standard InChI is InChI=1S/C20H16OS/c1-3-15(16-9-5-4-6-10-16)13-18-14(2)22-19-12-8-7-11-17(19)20(18)21/h3-13H,2H2,1H3/b15-3+,18-13+. The lowest BCUT2D eigenvalue weighted by Crippen LogP contribution is -2.36. The van der Waals surface area contributed by atoms with Gasteiger partial charge in [0.15, 0.2) is 5.43 Å². The minimum Gasteiger partial charge on any atom is -0.289 e. The van der Waals surface area contributed by atoms with E-state index in [1.165, 1.54) is 0 Å². The summed E-state index contributed by atoms with van der Waals surface area (Å²) >= 11 is 1.56. The number of rotatable bonds is 2. The summed E-state index contributed by atoms with van der Waals surface area (Å²) < 4.78 is 1.79. The molecule has 0 amide bonds. The predicted molar refractivity (Wildman–Crippen MR) is 97.4 cm³/mol. The molecule has 0 saturated heterocycles. The first kappa shape index (κ1) is 14.5. The molecule has 1 heterocycles. The molecule has 22 heavy (non-hydrogen) atoms. The second-order valence-electron chi connectivity index (χ2n) is 5.02. The van der Waals surface area contributed by atoms with Gasteiger partial charge in [-0.1, -0.05) is 55.1 Å². The van der Waals surface area contributed by atoms with E-state index in [1.807, 2.05) is 73.7 Å². The molecular weight excluding hydrogens is 288 g/mol. The average molecular weight is 304 g/mol. The van der Waals surface area contributed by atoms with Crippen LogP contribution in [0.2, 0.25) is 0 Å². The topological polar surface area (TPSA) is 17.1 Å². The Morgan fingerprint density at radius 2 is 1.73 bits per heavy atom. The average Bonchev–Trinajstić information content (AvgIpc) is 2.56. The van der Waals surface area contributed by atoms with Crippen LogP contribution in [-0.4, -0.2) is 0 Å². The van der Waals surface area contributed by atoms with Crippen LogP contribution >= 0.6 is 11.3 Å². The fourth-order valence-electron chi connectivity index (χ4n) is 2.47. The van der Waals surface area contributed by atoms with Crippen LogP contribution < -0.4 is 15.2 Å². The first-order chi connectivity index (χ1) is 10.7. The molecule has 108 valence electrons. The van der Waals surface area contributed by atoms with Crippen molar-refractivity contribution in [1.82, 2.24) is 0 Å². The Bertz CT molecular complexity index is 1010. The zero-order valence-corrected chi connectivity index (χ0v) is 13.2. The van der Waals surface area contributed by atoms with Gasteiger partial charge in [0.1, 0.15) is 0 Å². The van der Waals surface area contributed by atoms with Crippen molar-refractivity contribution in [1.29, 1.82) is 0 Å². The number of allylic oxidation sites excluding steroid dienone is 2. The lowest BCUT2D eigenvalue weighted by Gasteiger charge is -2.02. The van der Waals surface area contributed by atoms with Gasteiger partial charge in [-0.15, -0.1) is 11.3 Å². The van der Waals surface area contributed by atoms with Crippen molar-refractivity contribution in [3.63, 3.8) is 0 Å². The van der Waals surface area contributed by atoms with E-state index < -0.39 is 0 Å². The molecule has 3 rings (SSSR count). The first-order valence-electron chi connectivity index (χ1n) is 7.15. The summed E-state index contributed by atoms with van der Waals surface area (Å²) in [6.45, 7) is 6.06. The molecule has 1 aromatic heterocycles. The smallest absolute Gasteiger partial charge is 0.195 e. The zero-order valence-electron chi connectivity index (χ0n) is 12.4. The third-order valence-electron chi connectivity index (χ3n) is 3.63. The minimum atomic E-state index is 0.0506. The molecule has 0 atom stereocenters. The van der Waals surface area contributed by atoms with Gasteiger partial charge in [0.05, 0.1) is 0 Å². The van der Waals surface area contributed by atoms with Gasteiger partial charge in [-0.3, -0.25) is 4.79 Å². The maximum absolute atomic E-state index is 12.7. The van der Waals surface area contributed by atoms with Gasteiger partial charge in [0, 0.05) is 19.8 Å². The fourth-order valence-corrected chi connectivity index (χ4v) is 3.41. The van der Waals surface area contributed by atoms with E-state index >= 15 is 0 Å². The van der Waals surface area contributed by atoms with E-state index in [0.717, 1.165) is 25.8 Å². The van der Waals surface area contributed by atoms with E-state index in [-0.39, 0.29) is 5.43 Å². The Hall–Kier alpha value is -2.45. The molecule has 0 aliphatic rings. The number of hydrogen-bond donors (Lipinski definition) is 0. The molecular formula is C20H16OS. The van der Waals surface area contributed by atoms with Crippen LogP contribution in [0.1, 0.15) is 12.5 Å². The van der Waals surface area contributed by atoms with Crippen molar-refractivity contribution < 1.29 is 0 Å². The third-order valence-corrected chi connectivity index (χ3v) is 4.67. The third kappa shape index (κ3) is 2.66. The summed E-state index contributed by atoms with van der Waals surface area (Å²) in [4.78, 5) is 12.7. The van der Waals surface area contributed by atoms with Crippen LogP contribution in [0.15, 0.2) is 65.5 Å². The Labute approximate surface area is 133 Å². The van der Waals surface area contributed by atoms with Crippen molar-refractivity contribution in [3.05, 3.63) is 86.2 Å². The van der Waals surface area contributed by atoms with Crippen molar-refractivity contribution in [3.8, 4) is 0 Å². The summed E-state index contributed by atoms with van der Waals surface area (Å²) in [5.74, 6) is 0. The van der Waals surface area contributed by atoms with Crippen LogP contribution in [0.3, 0.4) is 0 Å². The summed E-state index contributed by atoms with van der Waals surface area (Å²) in [5, 5.41) is 1.44. The van der Waals surface area contributed by atoms with Crippen molar-refractivity contribution in [2.24, 2.45) is 0 Å². The van der Waals surface area contributed by atoms with Crippen molar-refractivity contribution in [2.75, 3.05) is 0 Å². The van der Waals surface area contributed by atoms with Gasteiger partial charge in [0.2, 0.25) is 0 Å². The number of benzene rings is 2. The van der Waals surface area contributed by atoms with E-state index in [0.29, 0.717) is 5.22 Å². The van der Waals surface area contributed by atoms with Crippen LogP contribution in [0.5, 0.6) is 0 Å². The Kier molecular flexibility index (Phi) is 4.03. The summed E-state index contributed by atoms with van der Waals surface area (Å²) in [5.41, 5.74) is 2.18. The maximum atomic E-state index is 12.7. The molecule has 0 radical (unpaired) electrons. The second-order valence-corrected chi connectivity index (χ2v) is 6.16. The van der Waals surface area contributed by atoms with Gasteiger partial charge < -0.3 is 0 Å². The molecule has 2 aromatic carbocycles. The summed E-state index contributed by atoms with van der Waals surface area (Å²) in [6, 6.07) is 17.8. The number of fused-ring (bicyclic) bond motifs is 1. The van der Waals surface area contributed by atoms with Crippen molar-refractivity contribution >= 4 is 39.7 Å². The molecule has 1 nitrogen and oxygen atoms in total. The van der Waals surface area contributed by atoms with Gasteiger partial charge in [-0.05, 0) is 36.3 Å². The maximum Gasteiger partial charge on any atom is 0.195 e.